The molecule has 1 rings (SSSR count). The minimum Gasteiger partial charge on any atom is -0.307 e. The molecule has 2 heteroatoms. The van der Waals surface area contributed by atoms with Crippen LogP contribution in [0.2, 0.25) is 0 Å². The van der Waals surface area contributed by atoms with Crippen LogP contribution in [0.1, 0.15) is 52.1 Å². The molecule has 0 spiro atoms. The molecule has 0 aromatic heterocycles. The van der Waals surface area contributed by atoms with E-state index in [0.29, 0.717) is 12.0 Å². The molecule has 1 nitrogen and oxygen atoms in total. The van der Waals surface area contributed by atoms with Gasteiger partial charge in [0.2, 0.25) is 0 Å². The first-order valence-electron chi connectivity index (χ1n) is 6.60. The summed E-state index contributed by atoms with van der Waals surface area (Å²) < 4.78 is 13.7. The third-order valence-corrected chi connectivity index (χ3v) is 3.65. The van der Waals surface area contributed by atoms with Gasteiger partial charge in [-0.1, -0.05) is 45.4 Å². The Hall–Kier alpha value is -0.890. The molecule has 3 unspecified atom stereocenters. The molecule has 0 bridgehead atoms. The predicted octanol–water partition coefficient (Wildman–Crippen LogP) is 4.30. The van der Waals surface area contributed by atoms with Crippen LogP contribution in [0.5, 0.6) is 0 Å². The van der Waals surface area contributed by atoms with Gasteiger partial charge in [0.25, 0.3) is 0 Å². The van der Waals surface area contributed by atoms with Crippen molar-refractivity contribution < 1.29 is 4.39 Å². The molecule has 1 aromatic carbocycles. The van der Waals surface area contributed by atoms with Crippen LogP contribution in [0, 0.1) is 11.7 Å². The molecule has 1 N–H and O–H groups in total. The molecular weight excluding hydrogens is 213 g/mol. The van der Waals surface area contributed by atoms with E-state index in [4.69, 9.17) is 0 Å². The van der Waals surface area contributed by atoms with Gasteiger partial charge in [-0.25, -0.2) is 4.39 Å². The van der Waals surface area contributed by atoms with E-state index in [1.165, 1.54) is 6.07 Å². The number of benzene rings is 1. The lowest BCUT2D eigenvalue weighted by atomic mass is 9.97. The van der Waals surface area contributed by atoms with E-state index in [0.717, 1.165) is 18.4 Å². The Morgan fingerprint density at radius 1 is 1.12 bits per heavy atom. The highest BCUT2D eigenvalue weighted by molar-refractivity contribution is 5.21. The first-order valence-corrected chi connectivity index (χ1v) is 6.60. The van der Waals surface area contributed by atoms with Gasteiger partial charge in [0.1, 0.15) is 5.82 Å². The third-order valence-electron chi connectivity index (χ3n) is 3.65. The van der Waals surface area contributed by atoms with Crippen molar-refractivity contribution in [1.29, 1.82) is 0 Å². The van der Waals surface area contributed by atoms with E-state index >= 15 is 0 Å². The van der Waals surface area contributed by atoms with Crippen molar-refractivity contribution >= 4 is 0 Å². The van der Waals surface area contributed by atoms with Gasteiger partial charge in [-0.05, 0) is 25.3 Å². The summed E-state index contributed by atoms with van der Waals surface area (Å²) in [6, 6.07) is 7.57. The zero-order valence-electron chi connectivity index (χ0n) is 11.3. The second-order valence-corrected chi connectivity index (χ2v) is 4.82. The number of hydrogen-bond acceptors (Lipinski definition) is 1. The van der Waals surface area contributed by atoms with E-state index in [-0.39, 0.29) is 11.9 Å². The molecule has 0 aliphatic heterocycles. The summed E-state index contributed by atoms with van der Waals surface area (Å²) in [5.74, 6) is 0.499. The van der Waals surface area contributed by atoms with Crippen molar-refractivity contribution in [2.24, 2.45) is 5.92 Å². The Morgan fingerprint density at radius 2 is 1.76 bits per heavy atom. The average Bonchev–Trinajstić information content (AvgIpc) is 2.35. The lowest BCUT2D eigenvalue weighted by Crippen LogP contribution is -2.35. The molecule has 0 saturated carbocycles. The second-order valence-electron chi connectivity index (χ2n) is 4.82. The van der Waals surface area contributed by atoms with Gasteiger partial charge in [-0.2, -0.15) is 0 Å². The van der Waals surface area contributed by atoms with Crippen LogP contribution < -0.4 is 5.32 Å². The van der Waals surface area contributed by atoms with Gasteiger partial charge in [0.05, 0.1) is 0 Å². The fraction of sp³-hybridized carbons (Fsp3) is 0.600. The predicted molar refractivity (Wildman–Crippen MR) is 71.5 cm³/mol. The molecule has 17 heavy (non-hydrogen) atoms. The van der Waals surface area contributed by atoms with Crippen LogP contribution in [-0.2, 0) is 0 Å². The average molecular weight is 237 g/mol. The van der Waals surface area contributed by atoms with Crippen molar-refractivity contribution in [3.05, 3.63) is 35.6 Å². The molecule has 0 saturated heterocycles. The lowest BCUT2D eigenvalue weighted by molar-refractivity contribution is 0.341. The van der Waals surface area contributed by atoms with Gasteiger partial charge in [0.15, 0.2) is 0 Å². The third kappa shape index (κ3) is 3.81. The summed E-state index contributed by atoms with van der Waals surface area (Å²) in [4.78, 5) is 0. The van der Waals surface area contributed by atoms with Gasteiger partial charge in [0, 0.05) is 17.6 Å². The molecule has 0 aliphatic rings. The zero-order chi connectivity index (χ0) is 12.8. The monoisotopic (exact) mass is 237 g/mol. The van der Waals surface area contributed by atoms with Crippen LogP contribution in [0.25, 0.3) is 0 Å². The molecule has 96 valence electrons. The minimum atomic E-state index is -0.108. The summed E-state index contributed by atoms with van der Waals surface area (Å²) in [6.07, 6.45) is 2.05. The Kier molecular flexibility index (Phi) is 5.63. The molecule has 0 heterocycles. The highest BCUT2D eigenvalue weighted by Gasteiger charge is 2.18. The molecular formula is C15H24FN. The van der Waals surface area contributed by atoms with Crippen molar-refractivity contribution in [2.75, 3.05) is 0 Å². The van der Waals surface area contributed by atoms with Crippen LogP contribution >= 0.6 is 0 Å². The Labute approximate surface area is 104 Å². The number of halogens is 1. The van der Waals surface area contributed by atoms with Gasteiger partial charge in [-0.3, -0.25) is 0 Å². The summed E-state index contributed by atoms with van der Waals surface area (Å²) >= 11 is 0. The quantitative estimate of drug-likeness (QED) is 0.777. The van der Waals surface area contributed by atoms with Crippen molar-refractivity contribution in [2.45, 2.75) is 52.6 Å². The SMILES string of the molecule is CCC(NC(C)C(C)CC)c1ccccc1F. The summed E-state index contributed by atoms with van der Waals surface area (Å²) in [5.41, 5.74) is 0.783. The van der Waals surface area contributed by atoms with Crippen LogP contribution in [0.4, 0.5) is 4.39 Å². The second kappa shape index (κ2) is 6.75. The number of rotatable bonds is 6. The lowest BCUT2D eigenvalue weighted by Gasteiger charge is -2.26. The maximum Gasteiger partial charge on any atom is 0.127 e. The van der Waals surface area contributed by atoms with Crippen LogP contribution in [0.3, 0.4) is 0 Å². The standard InChI is InChI=1S/C15H24FN/c1-5-11(3)12(4)17-15(6-2)13-9-7-8-10-14(13)16/h7-12,15,17H,5-6H2,1-4H3. The van der Waals surface area contributed by atoms with Gasteiger partial charge < -0.3 is 5.32 Å². The highest BCUT2D eigenvalue weighted by Crippen LogP contribution is 2.22. The van der Waals surface area contributed by atoms with Crippen molar-refractivity contribution in [3.8, 4) is 0 Å². The van der Waals surface area contributed by atoms with Crippen molar-refractivity contribution in [3.63, 3.8) is 0 Å². The molecule has 1 aromatic rings. The van der Waals surface area contributed by atoms with Crippen molar-refractivity contribution in [1.82, 2.24) is 5.32 Å². The van der Waals surface area contributed by atoms with E-state index in [1.54, 1.807) is 6.07 Å². The first kappa shape index (κ1) is 14.2. The maximum absolute atomic E-state index is 13.7. The largest absolute Gasteiger partial charge is 0.307 e. The van der Waals surface area contributed by atoms with E-state index in [9.17, 15) is 4.39 Å². The van der Waals surface area contributed by atoms with E-state index in [2.05, 4.69) is 33.0 Å². The number of nitrogens with one attached hydrogen (secondary N) is 1. The zero-order valence-corrected chi connectivity index (χ0v) is 11.3. The fourth-order valence-electron chi connectivity index (χ4n) is 2.02. The maximum atomic E-state index is 13.7. The summed E-state index contributed by atoms with van der Waals surface area (Å²) in [7, 11) is 0. The van der Waals surface area contributed by atoms with E-state index < -0.39 is 0 Å². The fourth-order valence-corrected chi connectivity index (χ4v) is 2.02. The summed E-state index contributed by atoms with van der Waals surface area (Å²) in [5, 5.41) is 3.53. The number of hydrogen-bond donors (Lipinski definition) is 1. The van der Waals surface area contributed by atoms with Crippen LogP contribution in [-0.4, -0.2) is 6.04 Å². The smallest absolute Gasteiger partial charge is 0.127 e. The first-order chi connectivity index (χ1) is 8.10. The molecule has 0 fully saturated rings. The van der Waals surface area contributed by atoms with Crippen LogP contribution in [0.15, 0.2) is 24.3 Å². The molecule has 0 radical (unpaired) electrons. The van der Waals surface area contributed by atoms with Gasteiger partial charge >= 0.3 is 0 Å². The molecule has 0 aliphatic carbocycles. The minimum absolute atomic E-state index is 0.108. The summed E-state index contributed by atoms with van der Waals surface area (Å²) in [6.45, 7) is 8.68. The Balaban J connectivity index is 2.76. The van der Waals surface area contributed by atoms with Gasteiger partial charge in [-0.15, -0.1) is 0 Å². The molecule has 3 atom stereocenters. The normalized spacial score (nSPS) is 16.5. The highest BCUT2D eigenvalue weighted by atomic mass is 19.1. The molecule has 0 amide bonds. The topological polar surface area (TPSA) is 12.0 Å². The Bertz CT molecular complexity index is 337. The Morgan fingerprint density at radius 3 is 2.29 bits per heavy atom. The van der Waals surface area contributed by atoms with E-state index in [1.807, 2.05) is 12.1 Å².